The Kier molecular flexibility index (Phi) is 5.41. The van der Waals surface area contributed by atoms with Crippen molar-refractivity contribution < 1.29 is 15.2 Å². The van der Waals surface area contributed by atoms with E-state index < -0.39 is 0 Å². The molecule has 1 aromatic heterocycles. The first-order valence-electron chi connectivity index (χ1n) is 5.60. The standard InChI is InChI=1S/C12H21NO2S/c1-12(2,3)13-7-10(14)8-15-9-11-5-4-6-16-11/h4-6,10,13-14H,7-9H2,1-3H3/p+1/t10-/m1/s1. The lowest BCUT2D eigenvalue weighted by molar-refractivity contribution is -0.722. The molecule has 1 rings (SSSR count). The molecule has 0 unspecified atom stereocenters. The van der Waals surface area contributed by atoms with Gasteiger partial charge in [-0.15, -0.1) is 11.3 Å². The minimum Gasteiger partial charge on any atom is -0.385 e. The summed E-state index contributed by atoms with van der Waals surface area (Å²) < 4.78 is 5.45. The van der Waals surface area contributed by atoms with E-state index in [1.165, 1.54) is 4.88 Å². The molecular weight excluding hydrogens is 222 g/mol. The van der Waals surface area contributed by atoms with Crippen LogP contribution in [0, 0.1) is 0 Å². The molecule has 0 aliphatic rings. The van der Waals surface area contributed by atoms with Crippen molar-refractivity contribution in [2.75, 3.05) is 13.2 Å². The highest BCUT2D eigenvalue weighted by molar-refractivity contribution is 7.09. The van der Waals surface area contributed by atoms with E-state index in [0.717, 1.165) is 0 Å². The lowest BCUT2D eigenvalue weighted by Crippen LogP contribution is -2.96. The van der Waals surface area contributed by atoms with Gasteiger partial charge in [0, 0.05) is 4.88 Å². The molecule has 0 saturated heterocycles. The number of aliphatic hydroxyl groups excluding tert-OH is 1. The molecule has 1 atom stereocenters. The van der Waals surface area contributed by atoms with Gasteiger partial charge in [-0.1, -0.05) is 6.07 Å². The highest BCUT2D eigenvalue weighted by Gasteiger charge is 2.16. The van der Waals surface area contributed by atoms with Crippen LogP contribution in [0.4, 0.5) is 0 Å². The summed E-state index contributed by atoms with van der Waals surface area (Å²) >= 11 is 1.68. The van der Waals surface area contributed by atoms with E-state index in [1.54, 1.807) is 11.3 Å². The SMILES string of the molecule is CC(C)(C)[NH2+]C[C@@H](O)COCc1cccs1. The Morgan fingerprint density at radius 3 is 2.81 bits per heavy atom. The van der Waals surface area contributed by atoms with Crippen molar-refractivity contribution in [2.24, 2.45) is 0 Å². The van der Waals surface area contributed by atoms with Crippen molar-refractivity contribution in [3.63, 3.8) is 0 Å². The Balaban J connectivity index is 2.09. The molecule has 0 fully saturated rings. The number of hydrogen-bond donors (Lipinski definition) is 2. The summed E-state index contributed by atoms with van der Waals surface area (Å²) in [4.78, 5) is 1.20. The van der Waals surface area contributed by atoms with Gasteiger partial charge in [-0.05, 0) is 32.2 Å². The van der Waals surface area contributed by atoms with Crippen molar-refractivity contribution in [1.29, 1.82) is 0 Å². The third-order valence-corrected chi connectivity index (χ3v) is 2.99. The third-order valence-electron chi connectivity index (χ3n) is 2.14. The molecule has 0 aliphatic heterocycles. The summed E-state index contributed by atoms with van der Waals surface area (Å²) in [5.41, 5.74) is 0.161. The van der Waals surface area contributed by atoms with Crippen molar-refractivity contribution in [3.8, 4) is 0 Å². The average Bonchev–Trinajstić information content (AvgIpc) is 2.66. The lowest BCUT2D eigenvalue weighted by Gasteiger charge is -2.19. The second kappa shape index (κ2) is 6.35. The molecule has 4 heteroatoms. The Morgan fingerprint density at radius 1 is 1.50 bits per heavy atom. The molecule has 1 heterocycles. The predicted molar refractivity (Wildman–Crippen MR) is 66.5 cm³/mol. The van der Waals surface area contributed by atoms with Gasteiger partial charge in [0.05, 0.1) is 18.8 Å². The largest absolute Gasteiger partial charge is 0.385 e. The van der Waals surface area contributed by atoms with Gasteiger partial charge in [-0.3, -0.25) is 0 Å². The zero-order valence-corrected chi connectivity index (χ0v) is 11.1. The fourth-order valence-corrected chi connectivity index (χ4v) is 1.89. The van der Waals surface area contributed by atoms with Crippen LogP contribution >= 0.6 is 11.3 Å². The zero-order chi connectivity index (χ0) is 12.0. The molecule has 0 aliphatic carbocycles. The number of quaternary nitrogens is 1. The van der Waals surface area contributed by atoms with E-state index in [0.29, 0.717) is 19.8 Å². The van der Waals surface area contributed by atoms with Gasteiger partial charge in [0.25, 0.3) is 0 Å². The molecule has 0 aromatic carbocycles. The number of nitrogens with two attached hydrogens (primary N) is 1. The van der Waals surface area contributed by atoms with Gasteiger partial charge in [0.15, 0.2) is 0 Å². The van der Waals surface area contributed by atoms with Crippen molar-refractivity contribution >= 4 is 11.3 Å². The van der Waals surface area contributed by atoms with E-state index >= 15 is 0 Å². The maximum Gasteiger partial charge on any atom is 0.126 e. The number of aliphatic hydroxyl groups is 1. The summed E-state index contributed by atoms with van der Waals surface area (Å²) in [6.07, 6.45) is -0.390. The summed E-state index contributed by atoms with van der Waals surface area (Å²) in [5.74, 6) is 0. The molecule has 92 valence electrons. The smallest absolute Gasteiger partial charge is 0.126 e. The summed E-state index contributed by atoms with van der Waals surface area (Å²) in [5, 5.41) is 13.8. The third kappa shape index (κ3) is 6.23. The van der Waals surface area contributed by atoms with Crippen LogP contribution < -0.4 is 5.32 Å². The summed E-state index contributed by atoms with van der Waals surface area (Å²) in [6, 6.07) is 4.05. The van der Waals surface area contributed by atoms with E-state index in [9.17, 15) is 5.11 Å². The van der Waals surface area contributed by atoms with Crippen molar-refractivity contribution in [1.82, 2.24) is 0 Å². The molecule has 0 radical (unpaired) electrons. The number of thiophene rings is 1. The van der Waals surface area contributed by atoms with Crippen LogP contribution in [0.1, 0.15) is 25.6 Å². The molecule has 1 aromatic rings. The first kappa shape index (κ1) is 13.6. The summed E-state index contributed by atoms with van der Waals surface area (Å²) in [6.45, 7) is 8.09. The molecule has 0 amide bonds. The second-order valence-corrected chi connectivity index (χ2v) is 6.09. The monoisotopic (exact) mass is 244 g/mol. The average molecular weight is 244 g/mol. The van der Waals surface area contributed by atoms with Crippen LogP contribution in [0.15, 0.2) is 17.5 Å². The van der Waals surface area contributed by atoms with E-state index in [2.05, 4.69) is 26.1 Å². The maximum atomic E-state index is 9.69. The highest BCUT2D eigenvalue weighted by Crippen LogP contribution is 2.09. The van der Waals surface area contributed by atoms with Gasteiger partial charge in [0.1, 0.15) is 12.6 Å². The normalized spacial score (nSPS) is 14.0. The van der Waals surface area contributed by atoms with Gasteiger partial charge < -0.3 is 15.2 Å². The lowest BCUT2D eigenvalue weighted by atomic mass is 10.1. The van der Waals surface area contributed by atoms with E-state index in [1.807, 2.05) is 17.5 Å². The first-order chi connectivity index (χ1) is 7.47. The summed E-state index contributed by atoms with van der Waals surface area (Å²) in [7, 11) is 0. The van der Waals surface area contributed by atoms with Crippen LogP contribution in [-0.2, 0) is 11.3 Å². The molecule has 16 heavy (non-hydrogen) atoms. The number of rotatable bonds is 6. The van der Waals surface area contributed by atoms with E-state index in [4.69, 9.17) is 4.74 Å². The van der Waals surface area contributed by atoms with Crippen LogP contribution in [0.2, 0.25) is 0 Å². The van der Waals surface area contributed by atoms with Crippen LogP contribution in [0.3, 0.4) is 0 Å². The van der Waals surface area contributed by atoms with E-state index in [-0.39, 0.29) is 11.6 Å². The van der Waals surface area contributed by atoms with Crippen LogP contribution in [0.5, 0.6) is 0 Å². The van der Waals surface area contributed by atoms with Crippen LogP contribution in [-0.4, -0.2) is 29.9 Å². The number of ether oxygens (including phenoxy) is 1. The molecule has 0 saturated carbocycles. The molecule has 0 bridgehead atoms. The van der Waals surface area contributed by atoms with Gasteiger partial charge in [-0.25, -0.2) is 0 Å². The Hall–Kier alpha value is -0.420. The van der Waals surface area contributed by atoms with Gasteiger partial charge in [0.2, 0.25) is 0 Å². The fourth-order valence-electron chi connectivity index (χ4n) is 1.25. The quantitative estimate of drug-likeness (QED) is 0.784. The van der Waals surface area contributed by atoms with Crippen LogP contribution in [0.25, 0.3) is 0 Å². The minimum atomic E-state index is -0.390. The molecule has 0 spiro atoms. The molecule has 3 N–H and O–H groups in total. The Labute approximate surface area is 101 Å². The Morgan fingerprint density at radius 2 is 2.25 bits per heavy atom. The predicted octanol–water partition coefficient (Wildman–Crippen LogP) is 0.988. The molecular formula is C12H22NO2S+. The number of hydrogen-bond acceptors (Lipinski definition) is 3. The minimum absolute atomic E-state index is 0.161. The molecule has 3 nitrogen and oxygen atoms in total. The first-order valence-corrected chi connectivity index (χ1v) is 6.48. The van der Waals surface area contributed by atoms with Gasteiger partial charge in [-0.2, -0.15) is 0 Å². The highest BCUT2D eigenvalue weighted by atomic mass is 32.1. The maximum absolute atomic E-state index is 9.69. The topological polar surface area (TPSA) is 46.1 Å². The van der Waals surface area contributed by atoms with Crippen molar-refractivity contribution in [3.05, 3.63) is 22.4 Å². The van der Waals surface area contributed by atoms with Gasteiger partial charge >= 0.3 is 0 Å². The Bertz CT molecular complexity index is 280. The second-order valence-electron chi connectivity index (χ2n) is 5.05. The fraction of sp³-hybridized carbons (Fsp3) is 0.667. The zero-order valence-electron chi connectivity index (χ0n) is 10.3. The van der Waals surface area contributed by atoms with Crippen molar-refractivity contribution in [2.45, 2.75) is 39.0 Å².